The van der Waals surface area contributed by atoms with Crippen LogP contribution in [0.2, 0.25) is 0 Å². The molecule has 0 radical (unpaired) electrons. The first-order valence-electron chi connectivity index (χ1n) is 9.75. The number of nitro groups is 2. The van der Waals surface area contributed by atoms with Crippen molar-refractivity contribution in [1.29, 1.82) is 0 Å². The van der Waals surface area contributed by atoms with Gasteiger partial charge in [0.2, 0.25) is 0 Å². The van der Waals surface area contributed by atoms with Crippen LogP contribution >= 0.6 is 15.9 Å². The van der Waals surface area contributed by atoms with E-state index in [-0.39, 0.29) is 41.3 Å². The molecule has 3 aromatic rings. The molecule has 15 heteroatoms. The molecule has 1 heterocycles. The van der Waals surface area contributed by atoms with Gasteiger partial charge in [-0.25, -0.2) is 9.59 Å². The number of aromatic nitrogens is 1. The second kappa shape index (κ2) is 12.4. The zero-order valence-corrected chi connectivity index (χ0v) is 20.9. The Hall–Kier alpha value is -4.53. The van der Waals surface area contributed by atoms with E-state index in [1.54, 1.807) is 13.8 Å². The maximum atomic E-state index is 11.7. The number of hydrogen-bond donors (Lipinski definition) is 2. The number of hydrogen-bond acceptors (Lipinski definition) is 12. The van der Waals surface area contributed by atoms with Crippen molar-refractivity contribution in [3.05, 3.63) is 71.5 Å². The largest absolute Gasteiger partial charge is 0.465 e. The Balaban J connectivity index is 0.000000381. The van der Waals surface area contributed by atoms with Crippen LogP contribution < -0.4 is 11.5 Å². The summed E-state index contributed by atoms with van der Waals surface area (Å²) in [6.07, 6.45) is 0. The predicted molar refractivity (Wildman–Crippen MR) is 137 cm³/mol. The molecule has 0 amide bonds. The van der Waals surface area contributed by atoms with Gasteiger partial charge in [-0.15, -0.1) is 0 Å². The van der Waals surface area contributed by atoms with Crippen LogP contribution in [0.1, 0.15) is 39.6 Å². The summed E-state index contributed by atoms with van der Waals surface area (Å²) in [6.45, 7) is 3.38. The highest BCUT2D eigenvalue weighted by molar-refractivity contribution is 9.10. The summed E-state index contributed by atoms with van der Waals surface area (Å²) in [5.74, 6) is -0.969. The van der Waals surface area contributed by atoms with E-state index in [0.29, 0.717) is 27.1 Å². The summed E-state index contributed by atoms with van der Waals surface area (Å²) in [6, 6.07) is 5.31. The molecule has 0 fully saturated rings. The number of carbonyl (C=O) groups is 2. The van der Waals surface area contributed by atoms with Crippen molar-refractivity contribution < 1.29 is 33.4 Å². The minimum absolute atomic E-state index is 0. The van der Waals surface area contributed by atoms with E-state index in [0.717, 1.165) is 0 Å². The molecule has 0 aliphatic heterocycles. The second-order valence-corrected chi connectivity index (χ2v) is 7.95. The summed E-state index contributed by atoms with van der Waals surface area (Å²) in [4.78, 5) is 43.3. The molecule has 0 unspecified atom stereocenters. The van der Waals surface area contributed by atoms with E-state index in [2.05, 4.69) is 30.6 Å². The van der Waals surface area contributed by atoms with Crippen molar-refractivity contribution in [3.8, 4) is 11.1 Å². The van der Waals surface area contributed by atoms with E-state index in [1.165, 1.54) is 38.5 Å². The van der Waals surface area contributed by atoms with Crippen LogP contribution in [-0.2, 0) is 9.47 Å². The average molecular weight is 582 g/mol. The molecule has 0 atom stereocenters. The van der Waals surface area contributed by atoms with Crippen LogP contribution in [0.4, 0.5) is 22.7 Å². The van der Waals surface area contributed by atoms with Gasteiger partial charge in [-0.05, 0) is 31.5 Å². The van der Waals surface area contributed by atoms with Crippen molar-refractivity contribution in [1.82, 2.24) is 5.16 Å². The smallest absolute Gasteiger partial charge is 0.340 e. The average Bonchev–Trinajstić information content (AvgIpc) is 3.17. The third-order valence-corrected chi connectivity index (χ3v) is 5.27. The molecule has 2 aromatic carbocycles. The van der Waals surface area contributed by atoms with Gasteiger partial charge >= 0.3 is 11.9 Å². The van der Waals surface area contributed by atoms with Gasteiger partial charge in [0.1, 0.15) is 17.1 Å². The fraction of sp³-hybridized carbons (Fsp3) is 0.227. The number of carbonyl (C=O) groups excluding carboxylic acids is 2. The molecule has 0 bridgehead atoms. The molecule has 3 rings (SSSR count). The third-order valence-electron chi connectivity index (χ3n) is 4.81. The standard InChI is InChI=1S/C13H13N3O5.C8H7BrN2O4.CH4/c1-6-11(7(2)21-15-6)8-4-9(13(17)20-3)12(14)10(5-8)16(18)19;1-15-8(12)5-2-4(9)3-6(7(5)10)11(13)14;/h4-5H,14H2,1-3H3;2-3H,10H2,1H3;1H4. The topological polar surface area (TPSA) is 217 Å². The van der Waals surface area contributed by atoms with Crippen LogP contribution in [0, 0.1) is 34.1 Å². The van der Waals surface area contributed by atoms with Crippen LogP contribution in [0.25, 0.3) is 11.1 Å². The maximum absolute atomic E-state index is 11.7. The van der Waals surface area contributed by atoms with Gasteiger partial charge in [-0.2, -0.15) is 0 Å². The van der Waals surface area contributed by atoms with Crippen LogP contribution in [0.3, 0.4) is 0 Å². The van der Waals surface area contributed by atoms with Gasteiger partial charge in [0.15, 0.2) is 0 Å². The number of nitrogen functional groups attached to an aromatic ring is 2. The van der Waals surface area contributed by atoms with E-state index >= 15 is 0 Å². The molecule has 37 heavy (non-hydrogen) atoms. The molecule has 0 spiro atoms. The number of esters is 2. The molecule has 198 valence electrons. The van der Waals surface area contributed by atoms with Crippen molar-refractivity contribution in [2.24, 2.45) is 0 Å². The number of halogens is 1. The van der Waals surface area contributed by atoms with Crippen LogP contribution in [-0.4, -0.2) is 41.2 Å². The number of nitrogens with two attached hydrogens (primary N) is 2. The lowest BCUT2D eigenvalue weighted by Gasteiger charge is -2.08. The number of benzene rings is 2. The molecule has 0 saturated carbocycles. The number of ether oxygens (including phenoxy) is 2. The van der Waals surface area contributed by atoms with E-state index in [4.69, 9.17) is 16.0 Å². The number of nitro benzene ring substituents is 2. The summed E-state index contributed by atoms with van der Waals surface area (Å²) >= 11 is 3.05. The maximum Gasteiger partial charge on any atom is 0.340 e. The Bertz CT molecular complexity index is 1350. The lowest BCUT2D eigenvalue weighted by atomic mass is 9.99. The Kier molecular flexibility index (Phi) is 10.3. The highest BCUT2D eigenvalue weighted by Gasteiger charge is 2.25. The van der Waals surface area contributed by atoms with Crippen molar-refractivity contribution in [2.75, 3.05) is 25.7 Å². The highest BCUT2D eigenvalue weighted by atomic mass is 79.9. The van der Waals surface area contributed by atoms with Gasteiger partial charge in [0.05, 0.1) is 40.9 Å². The lowest BCUT2D eigenvalue weighted by molar-refractivity contribution is -0.384. The fourth-order valence-corrected chi connectivity index (χ4v) is 3.59. The number of nitrogens with zero attached hydrogens (tertiary/aromatic N) is 3. The molecular weight excluding hydrogens is 558 g/mol. The Morgan fingerprint density at radius 2 is 1.38 bits per heavy atom. The minimum Gasteiger partial charge on any atom is -0.465 e. The zero-order chi connectivity index (χ0) is 27.3. The molecule has 0 aliphatic rings. The van der Waals surface area contributed by atoms with Gasteiger partial charge in [0, 0.05) is 22.2 Å². The van der Waals surface area contributed by atoms with Crippen LogP contribution in [0.15, 0.2) is 33.3 Å². The Labute approximate surface area is 218 Å². The Morgan fingerprint density at radius 3 is 1.78 bits per heavy atom. The minimum atomic E-state index is -0.746. The lowest BCUT2D eigenvalue weighted by Crippen LogP contribution is -2.08. The van der Waals surface area contributed by atoms with Gasteiger partial charge in [-0.3, -0.25) is 20.2 Å². The molecule has 14 nitrogen and oxygen atoms in total. The molecule has 0 aliphatic carbocycles. The highest BCUT2D eigenvalue weighted by Crippen LogP contribution is 2.35. The first-order valence-corrected chi connectivity index (χ1v) is 10.5. The van der Waals surface area contributed by atoms with Gasteiger partial charge in [-0.1, -0.05) is 28.5 Å². The van der Waals surface area contributed by atoms with E-state index in [9.17, 15) is 29.8 Å². The van der Waals surface area contributed by atoms with Gasteiger partial charge < -0.3 is 25.5 Å². The normalized spacial score (nSPS) is 9.86. The summed E-state index contributed by atoms with van der Waals surface area (Å²) in [7, 11) is 2.35. The van der Waals surface area contributed by atoms with Crippen molar-refractivity contribution in [2.45, 2.75) is 21.3 Å². The first kappa shape index (κ1) is 30.5. The quantitative estimate of drug-likeness (QED) is 0.183. The first-order chi connectivity index (χ1) is 16.8. The number of rotatable bonds is 5. The van der Waals surface area contributed by atoms with Crippen LogP contribution in [0.5, 0.6) is 0 Å². The number of aryl methyl sites for hydroxylation is 2. The molecular formula is C22H24BrN5O9. The second-order valence-electron chi connectivity index (χ2n) is 7.04. The van der Waals surface area contributed by atoms with E-state index in [1.807, 2.05) is 0 Å². The third kappa shape index (κ3) is 6.58. The molecule has 4 N–H and O–H groups in total. The summed E-state index contributed by atoms with van der Waals surface area (Å²) in [5, 5.41) is 25.5. The number of methoxy groups -OCH3 is 2. The Morgan fingerprint density at radius 1 is 0.919 bits per heavy atom. The fourth-order valence-electron chi connectivity index (χ4n) is 3.14. The van der Waals surface area contributed by atoms with Gasteiger partial charge in [0.25, 0.3) is 11.4 Å². The van der Waals surface area contributed by atoms with E-state index < -0.39 is 21.8 Å². The predicted octanol–water partition coefficient (Wildman–Crippen LogP) is 4.60. The number of anilines is 2. The molecule has 1 aromatic heterocycles. The van der Waals surface area contributed by atoms with Crippen molar-refractivity contribution >= 4 is 50.6 Å². The SMILES string of the molecule is C.COC(=O)c1cc(-c2c(C)noc2C)cc([N+](=O)[O-])c1N.COC(=O)c1cc(Br)cc([N+](=O)[O-])c1N. The monoisotopic (exact) mass is 581 g/mol. The molecule has 0 saturated heterocycles. The summed E-state index contributed by atoms with van der Waals surface area (Å²) in [5.41, 5.74) is 11.5. The zero-order valence-electron chi connectivity index (χ0n) is 19.4. The summed E-state index contributed by atoms with van der Waals surface area (Å²) < 4.78 is 14.5. The van der Waals surface area contributed by atoms with Crippen molar-refractivity contribution in [3.63, 3.8) is 0 Å².